The maximum Gasteiger partial charge on any atom is 0.244 e. The first-order valence-corrected chi connectivity index (χ1v) is 11.6. The summed E-state index contributed by atoms with van der Waals surface area (Å²) in [6.45, 7) is 0. The first-order chi connectivity index (χ1) is 11.7. The number of hydrogen-bond donors (Lipinski definition) is 0. The van der Waals surface area contributed by atoms with Crippen LogP contribution in [-0.4, -0.2) is 47.5 Å². The van der Waals surface area contributed by atoms with Gasteiger partial charge < -0.3 is 0 Å². The minimum atomic E-state index is -3.49. The lowest BCUT2D eigenvalue weighted by atomic mass is 10.4. The Bertz CT molecular complexity index is 872. The van der Waals surface area contributed by atoms with Crippen molar-refractivity contribution in [2.75, 3.05) is 25.6 Å². The molecule has 2 aromatic rings. The molecule has 1 aromatic carbocycles. The van der Waals surface area contributed by atoms with Crippen LogP contribution in [0.1, 0.15) is 0 Å². The first kappa shape index (κ1) is 20.7. The van der Waals surface area contributed by atoms with Gasteiger partial charge in [0, 0.05) is 36.8 Å². The van der Waals surface area contributed by atoms with Crippen molar-refractivity contribution in [2.24, 2.45) is 0 Å². The number of pyridine rings is 1. The minimum absolute atomic E-state index is 0.135. The number of thioether (sulfide) groups is 1. The van der Waals surface area contributed by atoms with E-state index in [4.69, 9.17) is 23.2 Å². The van der Waals surface area contributed by atoms with Crippen LogP contribution in [0.5, 0.6) is 0 Å². The summed E-state index contributed by atoms with van der Waals surface area (Å²) < 4.78 is 37.4. The maximum atomic E-state index is 12.3. The molecule has 1 aromatic heterocycles. The van der Waals surface area contributed by atoms with Gasteiger partial charge in [-0.2, -0.15) is 0 Å². The first-order valence-electron chi connectivity index (χ1n) is 7.06. The summed E-state index contributed by atoms with van der Waals surface area (Å²) in [5.74, 6) is 0.923. The van der Waals surface area contributed by atoms with Crippen LogP contribution in [0.15, 0.2) is 51.3 Å². The fourth-order valence-corrected chi connectivity index (χ4v) is 5.46. The summed E-state index contributed by atoms with van der Waals surface area (Å²) in [7, 11) is -1.82. The Labute approximate surface area is 164 Å². The SMILES string of the molecule is CN(C)S(=O)(=O)c1ccc(SCCS(=O)c2cc(Cl)ccc2Cl)nc1. The van der Waals surface area contributed by atoms with E-state index in [1.807, 2.05) is 0 Å². The zero-order chi connectivity index (χ0) is 18.6. The molecule has 10 heteroatoms. The summed E-state index contributed by atoms with van der Waals surface area (Å²) in [5, 5.41) is 1.57. The summed E-state index contributed by atoms with van der Waals surface area (Å²) in [6, 6.07) is 8.01. The number of hydrogen-bond acceptors (Lipinski definition) is 5. The second-order valence-electron chi connectivity index (χ2n) is 5.09. The molecule has 0 N–H and O–H groups in total. The van der Waals surface area contributed by atoms with Crippen LogP contribution >= 0.6 is 35.0 Å². The zero-order valence-electron chi connectivity index (χ0n) is 13.5. The van der Waals surface area contributed by atoms with E-state index in [2.05, 4.69) is 4.98 Å². The van der Waals surface area contributed by atoms with E-state index in [1.54, 1.807) is 24.3 Å². The van der Waals surface area contributed by atoms with E-state index in [9.17, 15) is 12.6 Å². The van der Waals surface area contributed by atoms with E-state index < -0.39 is 20.8 Å². The van der Waals surface area contributed by atoms with E-state index in [0.717, 1.165) is 4.31 Å². The van der Waals surface area contributed by atoms with Gasteiger partial charge in [-0.05, 0) is 30.3 Å². The summed E-state index contributed by atoms with van der Waals surface area (Å²) in [6.07, 6.45) is 1.32. The van der Waals surface area contributed by atoms with Gasteiger partial charge in [0.1, 0.15) is 4.90 Å². The summed E-state index contributed by atoms with van der Waals surface area (Å²) in [5.41, 5.74) is 0. The highest BCUT2D eigenvalue weighted by molar-refractivity contribution is 8.00. The smallest absolute Gasteiger partial charge is 0.244 e. The van der Waals surface area contributed by atoms with Gasteiger partial charge in [-0.3, -0.25) is 4.21 Å². The van der Waals surface area contributed by atoms with E-state index in [0.29, 0.717) is 31.5 Å². The Hall–Kier alpha value is -0.640. The quantitative estimate of drug-likeness (QED) is 0.618. The number of rotatable bonds is 7. The topological polar surface area (TPSA) is 67.3 Å². The standard InChI is InChI=1S/C15H16Cl2N2O3S3/c1-19(2)25(21,22)12-4-6-15(18-10-12)23-7-8-24(20)14-9-11(16)3-5-13(14)17/h3-6,9-10H,7-8H2,1-2H3. The van der Waals surface area contributed by atoms with Gasteiger partial charge >= 0.3 is 0 Å². The average molecular weight is 439 g/mol. The van der Waals surface area contributed by atoms with Crippen molar-refractivity contribution < 1.29 is 12.6 Å². The van der Waals surface area contributed by atoms with Gasteiger partial charge in [0.2, 0.25) is 10.0 Å². The predicted molar refractivity (Wildman–Crippen MR) is 104 cm³/mol. The van der Waals surface area contributed by atoms with Crippen molar-refractivity contribution in [2.45, 2.75) is 14.8 Å². The third kappa shape index (κ3) is 5.42. The number of halogens is 2. The van der Waals surface area contributed by atoms with Crippen molar-refractivity contribution in [3.63, 3.8) is 0 Å². The van der Waals surface area contributed by atoms with Crippen molar-refractivity contribution >= 4 is 55.8 Å². The van der Waals surface area contributed by atoms with Crippen LogP contribution in [0.25, 0.3) is 0 Å². The highest BCUT2D eigenvalue weighted by Gasteiger charge is 2.17. The molecular weight excluding hydrogens is 423 g/mol. The molecule has 1 atom stereocenters. The monoisotopic (exact) mass is 438 g/mol. The molecule has 0 spiro atoms. The van der Waals surface area contributed by atoms with Gasteiger partial charge in [-0.25, -0.2) is 17.7 Å². The van der Waals surface area contributed by atoms with Crippen molar-refractivity contribution in [1.29, 1.82) is 0 Å². The van der Waals surface area contributed by atoms with Gasteiger partial charge in [0.05, 0.1) is 25.7 Å². The normalized spacial score (nSPS) is 13.2. The molecular formula is C15H16Cl2N2O3S3. The molecule has 1 unspecified atom stereocenters. The van der Waals surface area contributed by atoms with Gasteiger partial charge in [-0.1, -0.05) is 23.2 Å². The van der Waals surface area contributed by atoms with E-state index in [-0.39, 0.29) is 4.90 Å². The summed E-state index contributed by atoms with van der Waals surface area (Å²) in [4.78, 5) is 4.78. The average Bonchev–Trinajstić information content (AvgIpc) is 2.57. The Kier molecular flexibility index (Phi) is 7.30. The fraction of sp³-hybridized carbons (Fsp3) is 0.267. The lowest BCUT2D eigenvalue weighted by molar-refractivity contribution is 0.520. The Morgan fingerprint density at radius 3 is 2.52 bits per heavy atom. The number of aromatic nitrogens is 1. The van der Waals surface area contributed by atoms with Crippen molar-refractivity contribution in [3.05, 3.63) is 46.6 Å². The van der Waals surface area contributed by atoms with Crippen LogP contribution in [0, 0.1) is 0 Å². The molecule has 2 rings (SSSR count). The van der Waals surface area contributed by atoms with Crippen molar-refractivity contribution in [1.82, 2.24) is 9.29 Å². The van der Waals surface area contributed by atoms with Crippen molar-refractivity contribution in [3.8, 4) is 0 Å². The minimum Gasteiger partial charge on any atom is -0.254 e. The molecule has 0 aliphatic carbocycles. The highest BCUT2D eigenvalue weighted by Crippen LogP contribution is 2.25. The second kappa shape index (κ2) is 8.83. The fourth-order valence-electron chi connectivity index (χ4n) is 1.80. The molecule has 0 saturated heterocycles. The Morgan fingerprint density at radius 1 is 1.20 bits per heavy atom. The third-order valence-corrected chi connectivity index (χ3v) is 8.23. The lowest BCUT2D eigenvalue weighted by Gasteiger charge is -2.11. The Morgan fingerprint density at radius 2 is 1.92 bits per heavy atom. The van der Waals surface area contributed by atoms with Crippen LogP contribution in [0.4, 0.5) is 0 Å². The number of nitrogens with zero attached hydrogens (tertiary/aromatic N) is 2. The second-order valence-corrected chi connectivity index (χ2v) is 10.7. The molecule has 0 fully saturated rings. The molecule has 0 bridgehead atoms. The Balaban J connectivity index is 1.96. The predicted octanol–water partition coefficient (Wildman–Crippen LogP) is 3.54. The van der Waals surface area contributed by atoms with Crippen LogP contribution in [0.2, 0.25) is 10.0 Å². The molecule has 0 aliphatic heterocycles. The molecule has 0 amide bonds. The van der Waals surface area contributed by atoms with Crippen LogP contribution in [-0.2, 0) is 20.8 Å². The summed E-state index contributed by atoms with van der Waals surface area (Å²) >= 11 is 13.3. The van der Waals surface area contributed by atoms with Gasteiger partial charge in [-0.15, -0.1) is 11.8 Å². The zero-order valence-corrected chi connectivity index (χ0v) is 17.4. The lowest BCUT2D eigenvalue weighted by Crippen LogP contribution is -2.22. The number of benzene rings is 1. The molecule has 5 nitrogen and oxygen atoms in total. The number of sulfonamides is 1. The molecule has 136 valence electrons. The molecule has 0 radical (unpaired) electrons. The molecule has 0 saturated carbocycles. The van der Waals surface area contributed by atoms with Gasteiger partial charge in [0.15, 0.2) is 0 Å². The largest absolute Gasteiger partial charge is 0.254 e. The van der Waals surface area contributed by atoms with E-state index >= 15 is 0 Å². The molecule has 0 aliphatic rings. The maximum absolute atomic E-state index is 12.3. The third-order valence-electron chi connectivity index (χ3n) is 3.14. The molecule has 1 heterocycles. The van der Waals surface area contributed by atoms with Crippen LogP contribution < -0.4 is 0 Å². The van der Waals surface area contributed by atoms with E-state index in [1.165, 1.54) is 38.1 Å². The van der Waals surface area contributed by atoms with Gasteiger partial charge in [0.25, 0.3) is 0 Å². The highest BCUT2D eigenvalue weighted by atomic mass is 35.5. The molecule has 25 heavy (non-hydrogen) atoms. The van der Waals surface area contributed by atoms with Crippen LogP contribution in [0.3, 0.4) is 0 Å².